The first kappa shape index (κ1) is 18.3. The van der Waals surface area contributed by atoms with Gasteiger partial charge in [-0.25, -0.2) is 4.98 Å². The lowest BCUT2D eigenvalue weighted by Crippen LogP contribution is -2.13. The maximum atomic E-state index is 12.4. The zero-order valence-corrected chi connectivity index (χ0v) is 17.3. The number of amides is 1. The van der Waals surface area contributed by atoms with Crippen molar-refractivity contribution in [2.45, 2.75) is 18.7 Å². The van der Waals surface area contributed by atoms with E-state index in [4.69, 9.17) is 11.6 Å². The average Bonchev–Trinajstić information content (AvgIpc) is 3.02. The third kappa shape index (κ3) is 3.81. The normalized spacial score (nSPS) is 11.2. The molecule has 136 valence electrons. The SMILES string of the molecule is Cc1cc(C)c2nc(NC(=O)CSc3cccc4cccc(Cl)c34)sc2c1. The third-order valence-electron chi connectivity index (χ3n) is 4.25. The van der Waals surface area contributed by atoms with Crippen LogP contribution in [0, 0.1) is 13.8 Å². The number of halogens is 1. The number of benzene rings is 3. The molecule has 0 aliphatic heterocycles. The number of carbonyl (C=O) groups excluding carboxylic acids is 1. The lowest BCUT2D eigenvalue weighted by atomic mass is 10.1. The number of hydrogen-bond acceptors (Lipinski definition) is 4. The van der Waals surface area contributed by atoms with Gasteiger partial charge in [-0.2, -0.15) is 0 Å². The first-order chi connectivity index (χ1) is 13.0. The third-order valence-corrected chi connectivity index (χ3v) is 6.54. The Hall–Kier alpha value is -2.08. The van der Waals surface area contributed by atoms with E-state index in [0.717, 1.165) is 31.4 Å². The maximum Gasteiger partial charge on any atom is 0.236 e. The molecule has 0 saturated heterocycles. The Labute approximate surface area is 170 Å². The fraction of sp³-hybridized carbons (Fsp3) is 0.143. The first-order valence-corrected chi connectivity index (χ1v) is 10.7. The summed E-state index contributed by atoms with van der Waals surface area (Å²) in [5, 5.41) is 6.33. The zero-order valence-electron chi connectivity index (χ0n) is 14.9. The number of anilines is 1. The summed E-state index contributed by atoms with van der Waals surface area (Å²) < 4.78 is 1.09. The van der Waals surface area contributed by atoms with E-state index in [9.17, 15) is 4.79 Å². The number of hydrogen-bond donors (Lipinski definition) is 1. The van der Waals surface area contributed by atoms with E-state index in [0.29, 0.717) is 15.9 Å². The van der Waals surface area contributed by atoms with Gasteiger partial charge in [0.2, 0.25) is 5.91 Å². The van der Waals surface area contributed by atoms with Gasteiger partial charge in [-0.05, 0) is 48.6 Å². The Morgan fingerprint density at radius 2 is 1.96 bits per heavy atom. The van der Waals surface area contributed by atoms with Crippen molar-refractivity contribution in [3.8, 4) is 0 Å². The number of thioether (sulfide) groups is 1. The van der Waals surface area contributed by atoms with Gasteiger partial charge in [-0.15, -0.1) is 11.8 Å². The minimum absolute atomic E-state index is 0.0718. The highest BCUT2D eigenvalue weighted by atomic mass is 35.5. The first-order valence-electron chi connectivity index (χ1n) is 8.49. The van der Waals surface area contributed by atoms with E-state index in [1.54, 1.807) is 0 Å². The molecule has 0 radical (unpaired) electrons. The number of aromatic nitrogens is 1. The van der Waals surface area contributed by atoms with Gasteiger partial charge in [0.05, 0.1) is 16.0 Å². The number of aryl methyl sites for hydroxylation is 2. The van der Waals surface area contributed by atoms with Crippen molar-refractivity contribution in [1.29, 1.82) is 0 Å². The molecule has 4 aromatic rings. The van der Waals surface area contributed by atoms with E-state index in [1.165, 1.54) is 28.7 Å². The highest BCUT2D eigenvalue weighted by Crippen LogP contribution is 2.34. The molecule has 0 atom stereocenters. The van der Waals surface area contributed by atoms with Crippen molar-refractivity contribution >= 4 is 66.7 Å². The molecule has 0 spiro atoms. The fourth-order valence-corrected chi connectivity index (χ4v) is 5.41. The molecule has 0 aliphatic carbocycles. The van der Waals surface area contributed by atoms with Gasteiger partial charge in [0, 0.05) is 15.3 Å². The van der Waals surface area contributed by atoms with Gasteiger partial charge in [0.15, 0.2) is 5.13 Å². The van der Waals surface area contributed by atoms with Crippen LogP contribution in [0.25, 0.3) is 21.0 Å². The molecule has 1 amide bonds. The Morgan fingerprint density at radius 3 is 2.78 bits per heavy atom. The van der Waals surface area contributed by atoms with Crippen LogP contribution in [0.15, 0.2) is 53.4 Å². The topological polar surface area (TPSA) is 42.0 Å². The molecule has 0 saturated carbocycles. The summed E-state index contributed by atoms with van der Waals surface area (Å²) in [5.41, 5.74) is 3.28. The molecule has 1 aromatic heterocycles. The largest absolute Gasteiger partial charge is 0.301 e. The summed E-state index contributed by atoms with van der Waals surface area (Å²) in [6.07, 6.45) is 0. The molecule has 3 nitrogen and oxygen atoms in total. The van der Waals surface area contributed by atoms with Crippen molar-refractivity contribution in [1.82, 2.24) is 4.98 Å². The molecule has 0 aliphatic rings. The molecule has 6 heteroatoms. The Kier molecular flexibility index (Phi) is 5.08. The van der Waals surface area contributed by atoms with Gasteiger partial charge in [-0.1, -0.05) is 53.3 Å². The van der Waals surface area contributed by atoms with E-state index >= 15 is 0 Å². The van der Waals surface area contributed by atoms with E-state index < -0.39 is 0 Å². The molecule has 0 bridgehead atoms. The number of nitrogens with zero attached hydrogens (tertiary/aromatic N) is 1. The van der Waals surface area contributed by atoms with Crippen molar-refractivity contribution in [3.05, 3.63) is 64.7 Å². The number of fused-ring (bicyclic) bond motifs is 2. The van der Waals surface area contributed by atoms with Crippen molar-refractivity contribution < 1.29 is 4.79 Å². The Morgan fingerprint density at radius 1 is 1.19 bits per heavy atom. The summed E-state index contributed by atoms with van der Waals surface area (Å²) in [4.78, 5) is 18.0. The van der Waals surface area contributed by atoms with Gasteiger partial charge in [0.1, 0.15) is 0 Å². The lowest BCUT2D eigenvalue weighted by molar-refractivity contribution is -0.113. The summed E-state index contributed by atoms with van der Waals surface area (Å²) in [5.74, 6) is 0.232. The van der Waals surface area contributed by atoms with Crippen LogP contribution in [0.1, 0.15) is 11.1 Å². The minimum atomic E-state index is -0.0718. The van der Waals surface area contributed by atoms with Crippen LogP contribution in [0.4, 0.5) is 5.13 Å². The molecular formula is C21H17ClN2OS2. The number of rotatable bonds is 4. The molecular weight excluding hydrogens is 396 g/mol. The molecule has 1 heterocycles. The highest BCUT2D eigenvalue weighted by molar-refractivity contribution is 8.00. The van der Waals surface area contributed by atoms with E-state index in [-0.39, 0.29) is 5.91 Å². The molecule has 4 rings (SSSR count). The highest BCUT2D eigenvalue weighted by Gasteiger charge is 2.12. The van der Waals surface area contributed by atoms with Gasteiger partial charge in [-0.3, -0.25) is 4.79 Å². The van der Waals surface area contributed by atoms with Gasteiger partial charge >= 0.3 is 0 Å². The quantitative estimate of drug-likeness (QED) is 0.391. The van der Waals surface area contributed by atoms with Crippen LogP contribution in [0.2, 0.25) is 5.02 Å². The van der Waals surface area contributed by atoms with Crippen LogP contribution >= 0.6 is 34.7 Å². The Balaban J connectivity index is 1.50. The second kappa shape index (κ2) is 7.50. The molecule has 0 fully saturated rings. The van der Waals surface area contributed by atoms with Crippen LogP contribution < -0.4 is 5.32 Å². The summed E-state index contributed by atoms with van der Waals surface area (Å²) in [6.45, 7) is 4.11. The van der Waals surface area contributed by atoms with Crippen molar-refractivity contribution in [2.24, 2.45) is 0 Å². The van der Waals surface area contributed by atoms with Crippen LogP contribution in [0.5, 0.6) is 0 Å². The number of thiazole rings is 1. The van der Waals surface area contributed by atoms with Gasteiger partial charge in [0.25, 0.3) is 0 Å². The minimum Gasteiger partial charge on any atom is -0.301 e. The molecule has 1 N–H and O–H groups in total. The second-order valence-corrected chi connectivity index (χ2v) is 8.83. The zero-order chi connectivity index (χ0) is 19.0. The summed E-state index contributed by atoms with van der Waals surface area (Å²) >= 11 is 9.35. The molecule has 27 heavy (non-hydrogen) atoms. The van der Waals surface area contributed by atoms with Crippen LogP contribution in [-0.4, -0.2) is 16.6 Å². The average molecular weight is 413 g/mol. The lowest BCUT2D eigenvalue weighted by Gasteiger charge is -2.07. The van der Waals surface area contributed by atoms with Crippen molar-refractivity contribution in [2.75, 3.05) is 11.1 Å². The Bertz CT molecular complexity index is 1160. The summed E-state index contributed by atoms with van der Waals surface area (Å²) in [7, 11) is 0. The second-order valence-electron chi connectivity index (χ2n) is 6.38. The van der Waals surface area contributed by atoms with E-state index in [1.807, 2.05) is 43.3 Å². The predicted octanol–water partition coefficient (Wildman–Crippen LogP) is 6.45. The van der Waals surface area contributed by atoms with Gasteiger partial charge < -0.3 is 5.32 Å². The fourth-order valence-electron chi connectivity index (χ4n) is 3.11. The molecule has 0 unspecified atom stereocenters. The van der Waals surface area contributed by atoms with Crippen LogP contribution in [0.3, 0.4) is 0 Å². The monoisotopic (exact) mass is 412 g/mol. The van der Waals surface area contributed by atoms with Crippen molar-refractivity contribution in [3.63, 3.8) is 0 Å². The number of carbonyl (C=O) groups is 1. The van der Waals surface area contributed by atoms with Crippen LogP contribution in [-0.2, 0) is 4.79 Å². The summed E-state index contributed by atoms with van der Waals surface area (Å²) in [6, 6.07) is 16.0. The number of nitrogens with one attached hydrogen (secondary N) is 1. The predicted molar refractivity (Wildman–Crippen MR) is 117 cm³/mol. The maximum absolute atomic E-state index is 12.4. The van der Waals surface area contributed by atoms with E-state index in [2.05, 4.69) is 29.4 Å². The standard InChI is InChI=1S/C21H17ClN2OS2/c1-12-9-13(2)20-17(10-12)27-21(24-20)23-18(25)11-26-16-8-4-6-14-5-3-7-15(22)19(14)16/h3-10H,11H2,1-2H3,(H,23,24,25). The smallest absolute Gasteiger partial charge is 0.236 e. The molecule has 3 aromatic carbocycles.